The van der Waals surface area contributed by atoms with Gasteiger partial charge in [-0.15, -0.1) is 0 Å². The van der Waals surface area contributed by atoms with Gasteiger partial charge in [0.05, 0.1) is 5.52 Å². The second-order valence-corrected chi connectivity index (χ2v) is 7.70. The SMILES string of the molecule is OCC[C@@H]1CN(Cc2ccc3ncccc3c2)CCN1CCc1ccccc1. The monoisotopic (exact) mass is 375 g/mol. The van der Waals surface area contributed by atoms with E-state index in [1.807, 2.05) is 12.3 Å². The highest BCUT2D eigenvalue weighted by molar-refractivity contribution is 5.78. The normalized spacial score (nSPS) is 18.5. The zero-order valence-electron chi connectivity index (χ0n) is 16.4. The Hall–Kier alpha value is -2.27. The molecule has 1 saturated heterocycles. The molecule has 1 aliphatic rings. The van der Waals surface area contributed by atoms with Crippen LogP contribution in [0.25, 0.3) is 10.9 Å². The standard InChI is InChI=1S/C24H29N3O/c28-16-11-23-19-26(14-15-27(23)13-10-20-5-2-1-3-6-20)18-21-8-9-24-22(17-21)7-4-12-25-24/h1-9,12,17,23,28H,10-11,13-16,18-19H2/t23-/m1/s1. The minimum Gasteiger partial charge on any atom is -0.396 e. The third kappa shape index (κ3) is 4.76. The van der Waals surface area contributed by atoms with E-state index >= 15 is 0 Å². The van der Waals surface area contributed by atoms with Gasteiger partial charge >= 0.3 is 0 Å². The van der Waals surface area contributed by atoms with Crippen LogP contribution in [0.15, 0.2) is 66.9 Å². The van der Waals surface area contributed by atoms with Crippen LogP contribution in [0.4, 0.5) is 0 Å². The molecule has 0 amide bonds. The van der Waals surface area contributed by atoms with Crippen molar-refractivity contribution in [2.24, 2.45) is 0 Å². The lowest BCUT2D eigenvalue weighted by Gasteiger charge is -2.41. The molecular formula is C24H29N3O. The highest BCUT2D eigenvalue weighted by Gasteiger charge is 2.26. The number of benzene rings is 2. The van der Waals surface area contributed by atoms with Gasteiger partial charge in [0.15, 0.2) is 0 Å². The van der Waals surface area contributed by atoms with Crippen LogP contribution in [-0.2, 0) is 13.0 Å². The number of piperazine rings is 1. The van der Waals surface area contributed by atoms with Crippen molar-refractivity contribution in [3.8, 4) is 0 Å². The van der Waals surface area contributed by atoms with Gasteiger partial charge in [-0.1, -0.05) is 42.5 Å². The van der Waals surface area contributed by atoms with Crippen molar-refractivity contribution in [1.29, 1.82) is 0 Å². The number of aliphatic hydroxyl groups excluding tert-OH is 1. The quantitative estimate of drug-likeness (QED) is 0.687. The second-order valence-electron chi connectivity index (χ2n) is 7.70. The van der Waals surface area contributed by atoms with E-state index in [1.54, 1.807) is 0 Å². The van der Waals surface area contributed by atoms with Gasteiger partial charge in [-0.05, 0) is 42.2 Å². The third-order valence-corrected chi connectivity index (χ3v) is 5.76. The van der Waals surface area contributed by atoms with Crippen LogP contribution in [-0.4, -0.2) is 58.7 Å². The Morgan fingerprint density at radius 3 is 2.71 bits per heavy atom. The Morgan fingerprint density at radius 1 is 0.964 bits per heavy atom. The van der Waals surface area contributed by atoms with E-state index in [0.717, 1.165) is 51.1 Å². The van der Waals surface area contributed by atoms with Crippen molar-refractivity contribution in [2.45, 2.75) is 25.4 Å². The van der Waals surface area contributed by atoms with Crippen LogP contribution in [0.2, 0.25) is 0 Å². The number of hydrogen-bond acceptors (Lipinski definition) is 4. The van der Waals surface area contributed by atoms with E-state index in [1.165, 1.54) is 16.5 Å². The maximum absolute atomic E-state index is 9.56. The largest absolute Gasteiger partial charge is 0.396 e. The number of aliphatic hydroxyl groups is 1. The van der Waals surface area contributed by atoms with Gasteiger partial charge in [-0.3, -0.25) is 14.8 Å². The molecule has 1 aliphatic heterocycles. The summed E-state index contributed by atoms with van der Waals surface area (Å²) in [6, 6.07) is 21.8. The van der Waals surface area contributed by atoms with Gasteiger partial charge in [0.2, 0.25) is 0 Å². The van der Waals surface area contributed by atoms with Gasteiger partial charge in [0, 0.05) is 57.0 Å². The molecule has 146 valence electrons. The molecule has 2 aromatic carbocycles. The molecule has 4 nitrogen and oxygen atoms in total. The highest BCUT2D eigenvalue weighted by Crippen LogP contribution is 2.19. The molecular weight excluding hydrogens is 346 g/mol. The molecule has 0 aliphatic carbocycles. The van der Waals surface area contributed by atoms with Crippen LogP contribution >= 0.6 is 0 Å². The fraction of sp³-hybridized carbons (Fsp3) is 0.375. The first-order valence-electron chi connectivity index (χ1n) is 10.3. The lowest BCUT2D eigenvalue weighted by atomic mass is 10.1. The summed E-state index contributed by atoms with van der Waals surface area (Å²) in [5.41, 5.74) is 3.77. The molecule has 4 heteroatoms. The van der Waals surface area contributed by atoms with Gasteiger partial charge in [-0.2, -0.15) is 0 Å². The van der Waals surface area contributed by atoms with Gasteiger partial charge in [-0.25, -0.2) is 0 Å². The van der Waals surface area contributed by atoms with E-state index in [4.69, 9.17) is 0 Å². The molecule has 0 spiro atoms. The van der Waals surface area contributed by atoms with Crippen LogP contribution < -0.4 is 0 Å². The average Bonchev–Trinajstić information content (AvgIpc) is 2.74. The minimum absolute atomic E-state index is 0.252. The van der Waals surface area contributed by atoms with Crippen molar-refractivity contribution < 1.29 is 5.11 Å². The number of pyridine rings is 1. The fourth-order valence-electron chi connectivity index (χ4n) is 4.22. The Bertz CT molecular complexity index is 883. The zero-order chi connectivity index (χ0) is 19.2. The summed E-state index contributed by atoms with van der Waals surface area (Å²) in [6.07, 6.45) is 3.75. The zero-order valence-corrected chi connectivity index (χ0v) is 16.4. The first-order chi connectivity index (χ1) is 13.8. The number of fused-ring (bicyclic) bond motifs is 1. The number of hydrogen-bond donors (Lipinski definition) is 1. The summed E-state index contributed by atoms with van der Waals surface area (Å²) in [4.78, 5) is 9.50. The predicted octanol–water partition coefficient (Wildman–Crippen LogP) is 3.35. The smallest absolute Gasteiger partial charge is 0.0702 e. The lowest BCUT2D eigenvalue weighted by Crippen LogP contribution is -2.53. The Morgan fingerprint density at radius 2 is 1.86 bits per heavy atom. The van der Waals surface area contributed by atoms with Crippen molar-refractivity contribution >= 4 is 10.9 Å². The maximum atomic E-state index is 9.56. The van der Waals surface area contributed by atoms with Crippen LogP contribution in [0, 0.1) is 0 Å². The molecule has 0 unspecified atom stereocenters. The summed E-state index contributed by atoms with van der Waals surface area (Å²) in [6.45, 7) is 5.42. The molecule has 0 bridgehead atoms. The minimum atomic E-state index is 0.252. The first kappa shape index (κ1) is 19.1. The fourth-order valence-corrected chi connectivity index (χ4v) is 4.22. The van der Waals surface area contributed by atoms with Crippen molar-refractivity contribution in [1.82, 2.24) is 14.8 Å². The number of aromatic nitrogens is 1. The van der Waals surface area contributed by atoms with E-state index in [-0.39, 0.29) is 6.61 Å². The van der Waals surface area contributed by atoms with Gasteiger partial charge in [0.25, 0.3) is 0 Å². The molecule has 2 heterocycles. The van der Waals surface area contributed by atoms with Crippen molar-refractivity contribution in [3.05, 3.63) is 78.0 Å². The van der Waals surface area contributed by atoms with Crippen LogP contribution in [0.5, 0.6) is 0 Å². The van der Waals surface area contributed by atoms with E-state index in [9.17, 15) is 5.11 Å². The summed E-state index contributed by atoms with van der Waals surface area (Å²) < 4.78 is 0. The second kappa shape index (κ2) is 9.28. The van der Waals surface area contributed by atoms with Gasteiger partial charge < -0.3 is 5.11 Å². The molecule has 1 aromatic heterocycles. The van der Waals surface area contributed by atoms with Crippen molar-refractivity contribution in [3.63, 3.8) is 0 Å². The van der Waals surface area contributed by atoms with Crippen LogP contribution in [0.3, 0.4) is 0 Å². The van der Waals surface area contributed by atoms with Crippen LogP contribution in [0.1, 0.15) is 17.5 Å². The van der Waals surface area contributed by atoms with Gasteiger partial charge in [0.1, 0.15) is 0 Å². The third-order valence-electron chi connectivity index (χ3n) is 5.76. The van der Waals surface area contributed by atoms with E-state index < -0.39 is 0 Å². The molecule has 0 saturated carbocycles. The maximum Gasteiger partial charge on any atom is 0.0702 e. The number of nitrogens with zero attached hydrogens (tertiary/aromatic N) is 3. The first-order valence-corrected chi connectivity index (χ1v) is 10.3. The lowest BCUT2D eigenvalue weighted by molar-refractivity contribution is 0.0562. The molecule has 3 aromatic rings. The molecule has 28 heavy (non-hydrogen) atoms. The summed E-state index contributed by atoms with van der Waals surface area (Å²) in [7, 11) is 0. The predicted molar refractivity (Wildman–Crippen MR) is 114 cm³/mol. The average molecular weight is 376 g/mol. The summed E-state index contributed by atoms with van der Waals surface area (Å²) >= 11 is 0. The summed E-state index contributed by atoms with van der Waals surface area (Å²) in [5.74, 6) is 0. The highest BCUT2D eigenvalue weighted by atomic mass is 16.3. The Kier molecular flexibility index (Phi) is 6.32. The Balaban J connectivity index is 1.37. The molecule has 1 N–H and O–H groups in total. The topological polar surface area (TPSA) is 39.6 Å². The van der Waals surface area contributed by atoms with E-state index in [2.05, 4.69) is 69.4 Å². The molecule has 1 atom stereocenters. The molecule has 0 radical (unpaired) electrons. The molecule has 1 fully saturated rings. The summed E-state index contributed by atoms with van der Waals surface area (Å²) in [5, 5.41) is 10.8. The molecule has 4 rings (SSSR count). The Labute approximate surface area is 167 Å². The van der Waals surface area contributed by atoms with E-state index in [0.29, 0.717) is 6.04 Å². The van der Waals surface area contributed by atoms with Crippen molar-refractivity contribution in [2.75, 3.05) is 32.8 Å². The number of rotatable bonds is 7.